The van der Waals surface area contributed by atoms with E-state index in [0.717, 1.165) is 41.0 Å². The quantitative estimate of drug-likeness (QED) is 0.467. The van der Waals surface area contributed by atoms with E-state index in [0.29, 0.717) is 16.3 Å². The highest BCUT2D eigenvalue weighted by Gasteiger charge is 2.43. The number of nitrogen functional groups attached to an aromatic ring is 1. The number of ether oxygens (including phenoxy) is 1. The minimum absolute atomic E-state index is 0.0987. The molecule has 2 heterocycles. The Bertz CT molecular complexity index is 969. The third-order valence-corrected chi connectivity index (χ3v) is 7.44. The zero-order chi connectivity index (χ0) is 19.8. The van der Waals surface area contributed by atoms with E-state index in [9.17, 15) is 14.4 Å². The summed E-state index contributed by atoms with van der Waals surface area (Å²) in [5.41, 5.74) is 7.74. The number of rotatable bonds is 4. The molecule has 2 amide bonds. The van der Waals surface area contributed by atoms with E-state index < -0.39 is 11.2 Å². The number of anilines is 2. The van der Waals surface area contributed by atoms with Gasteiger partial charge in [-0.1, -0.05) is 6.07 Å². The number of nitrogens with zero attached hydrogens (tertiary/aromatic N) is 1. The number of esters is 1. The fraction of sp³-hybridized carbons (Fsp3) is 0.350. The van der Waals surface area contributed by atoms with Crippen molar-refractivity contribution in [1.29, 1.82) is 0 Å². The SMILES string of the molecule is COC(=O)c1c(N2C(=O)CC(Sc3cccc(N)c3)C2=O)sc2c1CCCC2. The predicted molar refractivity (Wildman–Crippen MR) is 110 cm³/mol. The number of aryl methyl sites for hydroxylation is 1. The molecule has 28 heavy (non-hydrogen) atoms. The van der Waals surface area contributed by atoms with Crippen LogP contribution in [0.4, 0.5) is 10.7 Å². The van der Waals surface area contributed by atoms with Crippen LogP contribution in [0.25, 0.3) is 0 Å². The number of carbonyl (C=O) groups is 3. The van der Waals surface area contributed by atoms with Gasteiger partial charge in [0.2, 0.25) is 11.8 Å². The van der Waals surface area contributed by atoms with Gasteiger partial charge in [0.05, 0.1) is 17.9 Å². The van der Waals surface area contributed by atoms with Crippen molar-refractivity contribution in [1.82, 2.24) is 0 Å². The lowest BCUT2D eigenvalue weighted by atomic mass is 9.95. The van der Waals surface area contributed by atoms with Gasteiger partial charge in [0.1, 0.15) is 5.00 Å². The number of amides is 2. The second-order valence-corrected chi connectivity index (χ2v) is 9.19. The van der Waals surface area contributed by atoms with Crippen LogP contribution in [0.15, 0.2) is 29.2 Å². The van der Waals surface area contributed by atoms with Crippen LogP contribution in [0.5, 0.6) is 0 Å². The summed E-state index contributed by atoms with van der Waals surface area (Å²) in [6, 6.07) is 7.25. The van der Waals surface area contributed by atoms with Crippen molar-refractivity contribution in [2.75, 3.05) is 17.7 Å². The first-order valence-corrected chi connectivity index (χ1v) is 10.8. The molecule has 2 aromatic rings. The van der Waals surface area contributed by atoms with Crippen LogP contribution < -0.4 is 10.6 Å². The molecular formula is C20H20N2O4S2. The summed E-state index contributed by atoms with van der Waals surface area (Å²) in [5.74, 6) is -1.06. The van der Waals surface area contributed by atoms with Crippen LogP contribution in [0.3, 0.4) is 0 Å². The molecule has 2 N–H and O–H groups in total. The van der Waals surface area contributed by atoms with E-state index in [1.807, 2.05) is 12.1 Å². The average Bonchev–Trinajstić information content (AvgIpc) is 3.18. The van der Waals surface area contributed by atoms with Crippen molar-refractivity contribution in [3.63, 3.8) is 0 Å². The van der Waals surface area contributed by atoms with E-state index in [4.69, 9.17) is 10.5 Å². The lowest BCUT2D eigenvalue weighted by molar-refractivity contribution is -0.121. The maximum absolute atomic E-state index is 13.1. The Morgan fingerprint density at radius 2 is 2.07 bits per heavy atom. The third-order valence-electron chi connectivity index (χ3n) is 4.99. The first-order valence-electron chi connectivity index (χ1n) is 9.11. The van der Waals surface area contributed by atoms with Gasteiger partial charge in [-0.2, -0.15) is 0 Å². The molecule has 2 aliphatic rings. The highest BCUT2D eigenvalue weighted by atomic mass is 32.2. The number of imide groups is 1. The Hall–Kier alpha value is -2.32. The van der Waals surface area contributed by atoms with Crippen molar-refractivity contribution >= 4 is 51.6 Å². The van der Waals surface area contributed by atoms with Crippen molar-refractivity contribution in [3.8, 4) is 0 Å². The fourth-order valence-corrected chi connectivity index (χ4v) is 6.20. The van der Waals surface area contributed by atoms with Crippen LogP contribution in [0.2, 0.25) is 0 Å². The first-order chi connectivity index (χ1) is 13.5. The van der Waals surface area contributed by atoms with Crippen LogP contribution in [0.1, 0.15) is 40.1 Å². The highest BCUT2D eigenvalue weighted by Crippen LogP contribution is 2.44. The Labute approximate surface area is 171 Å². The number of fused-ring (bicyclic) bond motifs is 1. The zero-order valence-electron chi connectivity index (χ0n) is 15.4. The van der Waals surface area contributed by atoms with E-state index in [1.165, 1.54) is 35.1 Å². The normalized spacial score (nSPS) is 19.0. The Morgan fingerprint density at radius 1 is 1.29 bits per heavy atom. The van der Waals surface area contributed by atoms with Crippen LogP contribution in [-0.2, 0) is 27.2 Å². The molecule has 4 rings (SSSR count). The monoisotopic (exact) mass is 416 g/mol. The third kappa shape index (κ3) is 3.31. The maximum Gasteiger partial charge on any atom is 0.341 e. The molecule has 8 heteroatoms. The van der Waals surface area contributed by atoms with E-state index in [2.05, 4.69) is 0 Å². The van der Waals surface area contributed by atoms with Gasteiger partial charge >= 0.3 is 5.97 Å². The van der Waals surface area contributed by atoms with Gasteiger partial charge in [-0.25, -0.2) is 9.69 Å². The highest BCUT2D eigenvalue weighted by molar-refractivity contribution is 8.00. The number of methoxy groups -OCH3 is 1. The van der Waals surface area contributed by atoms with Gasteiger partial charge in [0.15, 0.2) is 0 Å². The second-order valence-electron chi connectivity index (χ2n) is 6.83. The average molecular weight is 417 g/mol. The summed E-state index contributed by atoms with van der Waals surface area (Å²) in [4.78, 5) is 41.4. The van der Waals surface area contributed by atoms with Crippen molar-refractivity contribution in [2.24, 2.45) is 0 Å². The summed E-state index contributed by atoms with van der Waals surface area (Å²) >= 11 is 2.70. The molecule has 0 saturated carbocycles. The number of thiophene rings is 1. The number of benzene rings is 1. The van der Waals surface area contributed by atoms with Gasteiger partial charge in [0.25, 0.3) is 0 Å². The largest absolute Gasteiger partial charge is 0.465 e. The van der Waals surface area contributed by atoms with Crippen LogP contribution >= 0.6 is 23.1 Å². The van der Waals surface area contributed by atoms with Gasteiger partial charge in [-0.3, -0.25) is 9.59 Å². The minimum atomic E-state index is -0.529. The Balaban J connectivity index is 1.68. The summed E-state index contributed by atoms with van der Waals surface area (Å²) in [7, 11) is 1.32. The molecule has 1 fully saturated rings. The van der Waals surface area contributed by atoms with Crippen LogP contribution in [0, 0.1) is 0 Å². The fourth-order valence-electron chi connectivity index (χ4n) is 3.68. The van der Waals surface area contributed by atoms with E-state index >= 15 is 0 Å². The number of hydrogen-bond acceptors (Lipinski definition) is 7. The molecule has 1 atom stereocenters. The van der Waals surface area contributed by atoms with Crippen LogP contribution in [-0.4, -0.2) is 30.1 Å². The zero-order valence-corrected chi connectivity index (χ0v) is 17.0. The molecule has 6 nitrogen and oxygen atoms in total. The molecule has 1 aromatic heterocycles. The van der Waals surface area contributed by atoms with E-state index in [-0.39, 0.29) is 18.2 Å². The van der Waals surface area contributed by atoms with E-state index in [1.54, 1.807) is 12.1 Å². The Kier molecular flexibility index (Phi) is 5.16. The summed E-state index contributed by atoms with van der Waals surface area (Å²) < 4.78 is 4.97. The van der Waals surface area contributed by atoms with Crippen molar-refractivity contribution in [2.45, 2.75) is 42.2 Å². The predicted octanol–water partition coefficient (Wildman–Crippen LogP) is 3.42. The molecule has 146 valence electrons. The molecule has 1 saturated heterocycles. The lowest BCUT2D eigenvalue weighted by Crippen LogP contribution is -2.31. The van der Waals surface area contributed by atoms with Gasteiger partial charge < -0.3 is 10.5 Å². The standard InChI is InChI=1S/C20H20N2O4S2/c1-26-20(25)17-13-7-2-3-8-14(13)28-19(17)22-16(23)10-15(18(22)24)27-12-6-4-5-11(21)9-12/h4-6,9,15H,2-3,7-8,10,21H2,1H3. The molecule has 1 aliphatic heterocycles. The summed E-state index contributed by atoms with van der Waals surface area (Å²) in [6.45, 7) is 0. The van der Waals surface area contributed by atoms with Crippen molar-refractivity contribution in [3.05, 3.63) is 40.3 Å². The second kappa shape index (κ2) is 7.60. The Morgan fingerprint density at radius 3 is 2.82 bits per heavy atom. The molecule has 0 spiro atoms. The first kappa shape index (κ1) is 19.0. The number of thioether (sulfide) groups is 1. The molecule has 1 aromatic carbocycles. The van der Waals surface area contributed by atoms with Gasteiger partial charge in [0, 0.05) is 21.9 Å². The number of hydrogen-bond donors (Lipinski definition) is 1. The van der Waals surface area contributed by atoms with Gasteiger partial charge in [-0.05, 0) is 49.4 Å². The molecule has 0 radical (unpaired) electrons. The summed E-state index contributed by atoms with van der Waals surface area (Å²) in [6.07, 6.45) is 3.77. The molecule has 1 unspecified atom stereocenters. The minimum Gasteiger partial charge on any atom is -0.465 e. The summed E-state index contributed by atoms with van der Waals surface area (Å²) in [5, 5.41) is -0.108. The smallest absolute Gasteiger partial charge is 0.341 e. The maximum atomic E-state index is 13.1. The number of carbonyl (C=O) groups excluding carboxylic acids is 3. The van der Waals surface area contributed by atoms with Crippen molar-refractivity contribution < 1.29 is 19.1 Å². The molecule has 0 bridgehead atoms. The molecule has 1 aliphatic carbocycles. The lowest BCUT2D eigenvalue weighted by Gasteiger charge is -2.15. The molecular weight excluding hydrogens is 396 g/mol. The van der Waals surface area contributed by atoms with Gasteiger partial charge in [-0.15, -0.1) is 23.1 Å². The topological polar surface area (TPSA) is 89.7 Å². The number of nitrogens with two attached hydrogens (primary N) is 1.